The maximum absolute atomic E-state index is 12.0. The van der Waals surface area contributed by atoms with E-state index in [4.69, 9.17) is 0 Å². The van der Waals surface area contributed by atoms with Crippen molar-refractivity contribution in [3.8, 4) is 0 Å². The zero-order valence-electron chi connectivity index (χ0n) is 10.3. The van der Waals surface area contributed by atoms with Crippen molar-refractivity contribution in [2.45, 2.75) is 45.1 Å². The molecular weight excluding hydrogens is 236 g/mol. The van der Waals surface area contributed by atoms with Crippen LogP contribution in [0.3, 0.4) is 0 Å². The zero-order valence-corrected chi connectivity index (χ0v) is 11.1. The van der Waals surface area contributed by atoms with Gasteiger partial charge in [-0.2, -0.15) is 0 Å². The van der Waals surface area contributed by atoms with Gasteiger partial charge in [0, 0.05) is 18.8 Å². The molecule has 1 fully saturated rings. The highest BCUT2D eigenvalue weighted by atomic mass is 32.1. The number of carbonyl (C=O) groups is 1. The molecule has 0 atom stereocenters. The average molecular weight is 254 g/mol. The fraction of sp³-hybridized carbons (Fsp3) is 0.667. The highest BCUT2D eigenvalue weighted by Gasteiger charge is 2.20. The van der Waals surface area contributed by atoms with Crippen LogP contribution in [-0.4, -0.2) is 16.5 Å². The maximum atomic E-state index is 12.0. The molecule has 4 nitrogen and oxygen atoms in total. The summed E-state index contributed by atoms with van der Waals surface area (Å²) in [6.07, 6.45) is 5.77. The highest BCUT2D eigenvalue weighted by molar-refractivity contribution is 7.11. The third-order valence-electron chi connectivity index (χ3n) is 3.44. The topological polar surface area (TPSA) is 51.1 Å². The van der Waals surface area contributed by atoms with E-state index < -0.39 is 0 Å². The molecule has 0 unspecified atom stereocenters. The molecule has 1 aliphatic rings. The molecule has 0 spiro atoms. The number of nitrogens with one attached hydrogen (secondary N) is 1. The number of rotatable bonds is 2. The van der Waals surface area contributed by atoms with Crippen LogP contribution in [0, 0.1) is 6.92 Å². The summed E-state index contributed by atoms with van der Waals surface area (Å²) in [5, 5.41) is 3.04. The average Bonchev–Trinajstić information content (AvgIpc) is 2.58. The summed E-state index contributed by atoms with van der Waals surface area (Å²) >= 11 is 1.03. The van der Waals surface area contributed by atoms with Gasteiger partial charge < -0.3 is 9.88 Å². The van der Waals surface area contributed by atoms with Gasteiger partial charge in [0.05, 0.1) is 0 Å². The van der Waals surface area contributed by atoms with Gasteiger partial charge in [0.15, 0.2) is 0 Å². The molecule has 94 valence electrons. The fourth-order valence-corrected chi connectivity index (χ4v) is 3.11. The molecule has 0 aromatic carbocycles. The van der Waals surface area contributed by atoms with E-state index in [0.717, 1.165) is 29.9 Å². The molecule has 0 bridgehead atoms. The summed E-state index contributed by atoms with van der Waals surface area (Å²) in [6, 6.07) is 0.290. The summed E-state index contributed by atoms with van der Waals surface area (Å²) in [4.78, 5) is 24.0. The number of amides is 1. The van der Waals surface area contributed by atoms with Crippen molar-refractivity contribution in [3.63, 3.8) is 0 Å². The van der Waals surface area contributed by atoms with Crippen molar-refractivity contribution in [1.29, 1.82) is 0 Å². The van der Waals surface area contributed by atoms with Crippen molar-refractivity contribution in [3.05, 3.63) is 20.2 Å². The summed E-state index contributed by atoms with van der Waals surface area (Å²) in [7, 11) is 1.70. The Kier molecular flexibility index (Phi) is 3.66. The normalized spacial score (nSPS) is 17.1. The van der Waals surface area contributed by atoms with Gasteiger partial charge in [-0.1, -0.05) is 30.6 Å². The third-order valence-corrected chi connectivity index (χ3v) is 4.57. The molecule has 0 aliphatic heterocycles. The van der Waals surface area contributed by atoms with Crippen LogP contribution < -0.4 is 10.2 Å². The van der Waals surface area contributed by atoms with Crippen LogP contribution in [0.5, 0.6) is 0 Å². The standard InChI is InChI=1S/C12H18N2O2S/c1-8-10(17-12(16)14(8)2)11(15)13-9-6-4-3-5-7-9/h9H,3-7H2,1-2H3,(H,13,15). The van der Waals surface area contributed by atoms with Gasteiger partial charge in [0.2, 0.25) is 0 Å². The highest BCUT2D eigenvalue weighted by Crippen LogP contribution is 2.18. The first-order chi connectivity index (χ1) is 8.09. The number of thiazole rings is 1. The van der Waals surface area contributed by atoms with E-state index in [-0.39, 0.29) is 16.8 Å². The van der Waals surface area contributed by atoms with Crippen molar-refractivity contribution >= 4 is 17.2 Å². The number of nitrogens with zero attached hydrogens (tertiary/aromatic N) is 1. The molecule has 0 radical (unpaired) electrons. The first kappa shape index (κ1) is 12.4. The van der Waals surface area contributed by atoms with E-state index in [1.54, 1.807) is 7.05 Å². The van der Waals surface area contributed by atoms with E-state index >= 15 is 0 Å². The molecule has 2 rings (SSSR count). The predicted molar refractivity (Wildman–Crippen MR) is 68.6 cm³/mol. The van der Waals surface area contributed by atoms with E-state index in [1.165, 1.54) is 23.8 Å². The Morgan fingerprint density at radius 3 is 2.53 bits per heavy atom. The number of carbonyl (C=O) groups excluding carboxylic acids is 1. The van der Waals surface area contributed by atoms with Gasteiger partial charge in [0.1, 0.15) is 4.88 Å². The third kappa shape index (κ3) is 2.60. The molecular formula is C12H18N2O2S. The molecule has 1 aromatic heterocycles. The smallest absolute Gasteiger partial charge is 0.307 e. The zero-order chi connectivity index (χ0) is 12.4. The Hall–Kier alpha value is -1.10. The van der Waals surface area contributed by atoms with Crippen molar-refractivity contribution in [2.75, 3.05) is 0 Å². The van der Waals surface area contributed by atoms with E-state index in [0.29, 0.717) is 4.88 Å². The monoisotopic (exact) mass is 254 g/mol. The van der Waals surface area contributed by atoms with Gasteiger partial charge in [-0.15, -0.1) is 0 Å². The van der Waals surface area contributed by atoms with Gasteiger partial charge in [-0.3, -0.25) is 9.59 Å². The Morgan fingerprint density at radius 1 is 1.35 bits per heavy atom. The van der Waals surface area contributed by atoms with Crippen LogP contribution in [0.2, 0.25) is 0 Å². The molecule has 1 heterocycles. The van der Waals surface area contributed by atoms with Crippen molar-refractivity contribution < 1.29 is 4.79 Å². The maximum Gasteiger partial charge on any atom is 0.307 e. The molecule has 1 saturated carbocycles. The van der Waals surface area contributed by atoms with Crippen molar-refractivity contribution in [1.82, 2.24) is 9.88 Å². The SMILES string of the molecule is Cc1c(C(=O)NC2CCCCC2)sc(=O)n1C. The van der Waals surface area contributed by atoms with Crippen LogP contribution in [0.4, 0.5) is 0 Å². The number of hydrogen-bond acceptors (Lipinski definition) is 3. The minimum atomic E-state index is -0.0860. The van der Waals surface area contributed by atoms with E-state index in [9.17, 15) is 9.59 Å². The van der Waals surface area contributed by atoms with Crippen molar-refractivity contribution in [2.24, 2.45) is 7.05 Å². The summed E-state index contributed by atoms with van der Waals surface area (Å²) in [6.45, 7) is 1.81. The van der Waals surface area contributed by atoms with Crippen LogP contribution in [-0.2, 0) is 7.05 Å². The minimum Gasteiger partial charge on any atom is -0.349 e. The Labute approximate surface area is 105 Å². The van der Waals surface area contributed by atoms with E-state index in [2.05, 4.69) is 5.32 Å². The minimum absolute atomic E-state index is 0.0729. The van der Waals surface area contributed by atoms with E-state index in [1.807, 2.05) is 6.92 Å². The Morgan fingerprint density at radius 2 is 2.00 bits per heavy atom. The van der Waals surface area contributed by atoms with Gasteiger partial charge in [-0.25, -0.2) is 0 Å². The lowest BCUT2D eigenvalue weighted by Crippen LogP contribution is -2.36. The second kappa shape index (κ2) is 5.04. The molecule has 1 N–H and O–H groups in total. The summed E-state index contributed by atoms with van der Waals surface area (Å²) < 4.78 is 1.53. The Balaban J connectivity index is 2.08. The van der Waals surface area contributed by atoms with Gasteiger partial charge >= 0.3 is 4.87 Å². The van der Waals surface area contributed by atoms with Gasteiger partial charge in [-0.05, 0) is 19.8 Å². The lowest BCUT2D eigenvalue weighted by Gasteiger charge is -2.22. The van der Waals surface area contributed by atoms with Crippen LogP contribution in [0.15, 0.2) is 4.79 Å². The number of aromatic nitrogens is 1. The quantitative estimate of drug-likeness (QED) is 0.875. The molecule has 1 aliphatic carbocycles. The summed E-state index contributed by atoms with van der Waals surface area (Å²) in [5.74, 6) is -0.0860. The molecule has 17 heavy (non-hydrogen) atoms. The lowest BCUT2D eigenvalue weighted by atomic mass is 9.95. The fourth-order valence-electron chi connectivity index (χ4n) is 2.23. The second-order valence-electron chi connectivity index (χ2n) is 4.65. The van der Waals surface area contributed by atoms with Crippen LogP contribution >= 0.6 is 11.3 Å². The Bertz CT molecular complexity index is 469. The molecule has 0 saturated heterocycles. The first-order valence-electron chi connectivity index (χ1n) is 6.07. The predicted octanol–water partition coefficient (Wildman–Crippen LogP) is 1.82. The molecule has 1 amide bonds. The molecule has 5 heteroatoms. The van der Waals surface area contributed by atoms with Crippen LogP contribution in [0.1, 0.15) is 47.5 Å². The first-order valence-corrected chi connectivity index (χ1v) is 6.88. The van der Waals surface area contributed by atoms with Gasteiger partial charge in [0.25, 0.3) is 5.91 Å². The molecule has 1 aromatic rings. The number of hydrogen-bond donors (Lipinski definition) is 1. The lowest BCUT2D eigenvalue weighted by molar-refractivity contribution is 0.0931. The van der Waals surface area contributed by atoms with Crippen LogP contribution in [0.25, 0.3) is 0 Å². The second-order valence-corrected chi connectivity index (χ2v) is 5.61. The summed E-state index contributed by atoms with van der Waals surface area (Å²) in [5.41, 5.74) is 0.758. The largest absolute Gasteiger partial charge is 0.349 e.